The molecule has 0 bridgehead atoms. The fourth-order valence-corrected chi connectivity index (χ4v) is 3.10. The van der Waals surface area contributed by atoms with Crippen LogP contribution in [0.15, 0.2) is 45.9 Å². The summed E-state index contributed by atoms with van der Waals surface area (Å²) in [6.07, 6.45) is 1.10. The van der Waals surface area contributed by atoms with Crippen LogP contribution < -0.4 is 9.46 Å². The van der Waals surface area contributed by atoms with Crippen molar-refractivity contribution in [2.75, 3.05) is 4.72 Å². The number of halogens is 4. The SMILES string of the molecule is O=S(=O)(Nc1ccc(OC(F)F)cc1)c1cnc(Cl)c(Br)c1. The summed E-state index contributed by atoms with van der Waals surface area (Å²) in [7, 11) is -3.88. The lowest BCUT2D eigenvalue weighted by molar-refractivity contribution is -0.0498. The molecule has 0 atom stereocenters. The fourth-order valence-electron chi connectivity index (χ4n) is 1.47. The lowest BCUT2D eigenvalue weighted by atomic mass is 10.3. The first-order valence-electron chi connectivity index (χ1n) is 5.67. The highest BCUT2D eigenvalue weighted by atomic mass is 79.9. The van der Waals surface area contributed by atoms with E-state index in [2.05, 4.69) is 30.4 Å². The van der Waals surface area contributed by atoms with E-state index in [1.165, 1.54) is 30.3 Å². The summed E-state index contributed by atoms with van der Waals surface area (Å²) in [6.45, 7) is -2.94. The highest BCUT2D eigenvalue weighted by Gasteiger charge is 2.16. The molecule has 0 saturated heterocycles. The predicted molar refractivity (Wildman–Crippen MR) is 80.8 cm³/mol. The van der Waals surface area contributed by atoms with Crippen LogP contribution in [0.25, 0.3) is 0 Å². The van der Waals surface area contributed by atoms with Crippen LogP contribution in [-0.4, -0.2) is 20.0 Å². The molecular formula is C12H8BrClF2N2O3S. The van der Waals surface area contributed by atoms with Crippen molar-refractivity contribution in [1.82, 2.24) is 4.98 Å². The quantitative estimate of drug-likeness (QED) is 0.755. The normalized spacial score (nSPS) is 11.5. The number of alkyl halides is 2. The number of hydrogen-bond acceptors (Lipinski definition) is 4. The molecule has 2 rings (SSSR count). The van der Waals surface area contributed by atoms with Crippen LogP contribution >= 0.6 is 27.5 Å². The Kier molecular flexibility index (Phi) is 5.20. The van der Waals surface area contributed by atoms with Crippen molar-refractivity contribution in [3.8, 4) is 5.75 Å². The maximum Gasteiger partial charge on any atom is 0.387 e. The maximum atomic E-state index is 12.2. The Morgan fingerprint density at radius 3 is 2.45 bits per heavy atom. The molecule has 1 N–H and O–H groups in total. The van der Waals surface area contributed by atoms with Gasteiger partial charge in [-0.15, -0.1) is 0 Å². The van der Waals surface area contributed by atoms with Crippen molar-refractivity contribution < 1.29 is 21.9 Å². The molecule has 0 aliphatic carbocycles. The van der Waals surface area contributed by atoms with E-state index in [-0.39, 0.29) is 21.5 Å². The molecule has 0 saturated carbocycles. The van der Waals surface area contributed by atoms with Crippen LogP contribution in [0.1, 0.15) is 0 Å². The third-order valence-corrected chi connectivity index (χ3v) is 4.90. The molecule has 1 aromatic carbocycles. The van der Waals surface area contributed by atoms with Gasteiger partial charge in [0.05, 0.1) is 4.47 Å². The number of rotatable bonds is 5. The molecule has 0 aliphatic heterocycles. The second-order valence-corrected chi connectivity index (χ2v) is 6.85. The van der Waals surface area contributed by atoms with E-state index in [1.54, 1.807) is 0 Å². The lowest BCUT2D eigenvalue weighted by Crippen LogP contribution is -2.13. The fraction of sp³-hybridized carbons (Fsp3) is 0.0833. The van der Waals surface area contributed by atoms with E-state index in [4.69, 9.17) is 11.6 Å². The molecule has 0 radical (unpaired) electrons. The van der Waals surface area contributed by atoms with Crippen LogP contribution in [0.5, 0.6) is 5.75 Å². The number of ether oxygens (including phenoxy) is 1. The summed E-state index contributed by atoms with van der Waals surface area (Å²) in [5.74, 6) is -0.0751. The lowest BCUT2D eigenvalue weighted by Gasteiger charge is -2.09. The number of nitrogens with one attached hydrogen (secondary N) is 1. The Bertz CT molecular complexity index is 772. The molecule has 0 spiro atoms. The van der Waals surface area contributed by atoms with Crippen molar-refractivity contribution in [3.05, 3.63) is 46.2 Å². The number of hydrogen-bond donors (Lipinski definition) is 1. The minimum atomic E-state index is -3.88. The molecule has 2 aromatic rings. The first kappa shape index (κ1) is 16.9. The van der Waals surface area contributed by atoms with Crippen molar-refractivity contribution in [2.45, 2.75) is 11.5 Å². The molecule has 0 fully saturated rings. The molecule has 22 heavy (non-hydrogen) atoms. The number of benzene rings is 1. The van der Waals surface area contributed by atoms with E-state index < -0.39 is 16.6 Å². The number of aromatic nitrogens is 1. The molecule has 118 valence electrons. The smallest absolute Gasteiger partial charge is 0.387 e. The van der Waals surface area contributed by atoms with Gasteiger partial charge in [-0.3, -0.25) is 4.72 Å². The summed E-state index contributed by atoms with van der Waals surface area (Å²) in [4.78, 5) is 3.63. The van der Waals surface area contributed by atoms with E-state index in [9.17, 15) is 17.2 Å². The zero-order valence-electron chi connectivity index (χ0n) is 10.6. The van der Waals surface area contributed by atoms with Gasteiger partial charge in [0, 0.05) is 11.9 Å². The van der Waals surface area contributed by atoms with Gasteiger partial charge in [0.15, 0.2) is 0 Å². The third kappa shape index (κ3) is 4.28. The Balaban J connectivity index is 2.19. The van der Waals surface area contributed by atoms with Gasteiger partial charge in [-0.25, -0.2) is 13.4 Å². The monoisotopic (exact) mass is 412 g/mol. The zero-order valence-corrected chi connectivity index (χ0v) is 13.8. The second kappa shape index (κ2) is 6.76. The summed E-state index contributed by atoms with van der Waals surface area (Å²) >= 11 is 8.78. The second-order valence-electron chi connectivity index (χ2n) is 3.95. The van der Waals surface area contributed by atoms with Gasteiger partial charge in [0.25, 0.3) is 10.0 Å². The van der Waals surface area contributed by atoms with Crippen LogP contribution in [0.2, 0.25) is 5.15 Å². The summed E-state index contributed by atoms with van der Waals surface area (Å²) in [5, 5.41) is 0.132. The van der Waals surface area contributed by atoms with Crippen LogP contribution in [0.3, 0.4) is 0 Å². The van der Waals surface area contributed by atoms with Gasteiger partial charge >= 0.3 is 6.61 Å². The molecule has 0 aliphatic rings. The van der Waals surface area contributed by atoms with E-state index in [1.807, 2.05) is 0 Å². The van der Waals surface area contributed by atoms with Crippen molar-refractivity contribution in [2.24, 2.45) is 0 Å². The highest BCUT2D eigenvalue weighted by Crippen LogP contribution is 2.25. The Hall–Kier alpha value is -1.45. The largest absolute Gasteiger partial charge is 0.435 e. The molecule has 0 unspecified atom stereocenters. The summed E-state index contributed by atoms with van der Waals surface area (Å²) in [5.41, 5.74) is 0.188. The number of pyridine rings is 1. The predicted octanol–water partition coefficient (Wildman–Crippen LogP) is 3.90. The van der Waals surface area contributed by atoms with Crippen molar-refractivity contribution >= 4 is 43.2 Å². The number of nitrogens with zero attached hydrogens (tertiary/aromatic N) is 1. The Morgan fingerprint density at radius 1 is 1.27 bits per heavy atom. The molecule has 1 aromatic heterocycles. The van der Waals surface area contributed by atoms with Crippen LogP contribution in [0, 0.1) is 0 Å². The summed E-state index contributed by atoms with van der Waals surface area (Å²) in [6, 6.07) is 6.34. The molecule has 5 nitrogen and oxygen atoms in total. The molecule has 1 heterocycles. The van der Waals surface area contributed by atoms with E-state index >= 15 is 0 Å². The van der Waals surface area contributed by atoms with Gasteiger partial charge in [-0.2, -0.15) is 8.78 Å². The Morgan fingerprint density at radius 2 is 1.91 bits per heavy atom. The molecule has 0 amide bonds. The average Bonchev–Trinajstić information content (AvgIpc) is 2.43. The molecular weight excluding hydrogens is 406 g/mol. The van der Waals surface area contributed by atoms with Crippen LogP contribution in [-0.2, 0) is 10.0 Å². The standard InChI is InChI=1S/C12H8BrClF2N2O3S/c13-10-5-9(6-17-11(10)14)22(19,20)18-7-1-3-8(4-2-7)21-12(15)16/h1-6,12,18H. The average molecular weight is 414 g/mol. The maximum absolute atomic E-state index is 12.2. The van der Waals surface area contributed by atoms with E-state index in [0.717, 1.165) is 6.20 Å². The minimum Gasteiger partial charge on any atom is -0.435 e. The summed E-state index contributed by atoms with van der Waals surface area (Å²) < 4.78 is 55.2. The molecule has 10 heteroatoms. The zero-order chi connectivity index (χ0) is 16.3. The van der Waals surface area contributed by atoms with Gasteiger partial charge in [0.1, 0.15) is 15.8 Å². The first-order valence-corrected chi connectivity index (χ1v) is 8.32. The van der Waals surface area contributed by atoms with E-state index in [0.29, 0.717) is 4.47 Å². The van der Waals surface area contributed by atoms with Crippen LogP contribution in [0.4, 0.5) is 14.5 Å². The van der Waals surface area contributed by atoms with Gasteiger partial charge in [-0.05, 0) is 46.3 Å². The Labute approximate surface area is 138 Å². The van der Waals surface area contributed by atoms with Crippen molar-refractivity contribution in [3.63, 3.8) is 0 Å². The third-order valence-electron chi connectivity index (χ3n) is 2.41. The van der Waals surface area contributed by atoms with Gasteiger partial charge in [0.2, 0.25) is 0 Å². The number of sulfonamides is 1. The van der Waals surface area contributed by atoms with Gasteiger partial charge < -0.3 is 4.74 Å². The minimum absolute atomic E-state index is 0.0751. The first-order chi connectivity index (χ1) is 10.3. The highest BCUT2D eigenvalue weighted by molar-refractivity contribution is 9.10. The van der Waals surface area contributed by atoms with Gasteiger partial charge in [-0.1, -0.05) is 11.6 Å². The number of anilines is 1. The van der Waals surface area contributed by atoms with Crippen molar-refractivity contribution in [1.29, 1.82) is 0 Å². The topological polar surface area (TPSA) is 68.3 Å².